The predicted octanol–water partition coefficient (Wildman–Crippen LogP) is 2.24. The van der Waals surface area contributed by atoms with Crippen molar-refractivity contribution in [2.45, 2.75) is 25.4 Å². The van der Waals surface area contributed by atoms with Crippen LogP contribution >= 0.6 is 0 Å². The molecule has 1 aromatic rings. The average Bonchev–Trinajstić information content (AvgIpc) is 2.76. The minimum atomic E-state index is -0.647. The van der Waals surface area contributed by atoms with E-state index >= 15 is 0 Å². The molecule has 1 heterocycles. The molecule has 2 nitrogen and oxygen atoms in total. The summed E-state index contributed by atoms with van der Waals surface area (Å²) >= 11 is 0. The van der Waals surface area contributed by atoms with E-state index < -0.39 is 5.60 Å². The van der Waals surface area contributed by atoms with Crippen LogP contribution in [0.2, 0.25) is 0 Å². The summed E-state index contributed by atoms with van der Waals surface area (Å²) in [5, 5.41) is 10.9. The molecule has 0 aliphatic carbocycles. The highest BCUT2D eigenvalue weighted by molar-refractivity contribution is 5.23. The van der Waals surface area contributed by atoms with Gasteiger partial charge in [0.25, 0.3) is 0 Å². The van der Waals surface area contributed by atoms with E-state index in [-0.39, 0.29) is 0 Å². The highest BCUT2D eigenvalue weighted by Crippen LogP contribution is 2.37. The van der Waals surface area contributed by atoms with Gasteiger partial charge in [-0.15, -0.1) is 0 Å². The Morgan fingerprint density at radius 3 is 2.56 bits per heavy atom. The quantitative estimate of drug-likeness (QED) is 0.842. The van der Waals surface area contributed by atoms with Crippen LogP contribution in [-0.4, -0.2) is 30.1 Å². The lowest BCUT2D eigenvalue weighted by atomic mass is 9.79. The molecule has 0 unspecified atom stereocenters. The van der Waals surface area contributed by atoms with Gasteiger partial charge in [-0.1, -0.05) is 37.3 Å². The number of nitrogens with zero attached hydrogens (tertiary/aromatic N) is 1. The molecule has 1 aromatic carbocycles. The predicted molar refractivity (Wildman–Crippen MR) is 66.2 cm³/mol. The molecule has 0 bridgehead atoms. The molecule has 0 aromatic heterocycles. The van der Waals surface area contributed by atoms with E-state index in [1.165, 1.54) is 0 Å². The third-order valence-electron chi connectivity index (χ3n) is 3.88. The van der Waals surface area contributed by atoms with Crippen molar-refractivity contribution in [1.82, 2.24) is 4.90 Å². The van der Waals surface area contributed by atoms with Crippen LogP contribution in [0.1, 0.15) is 25.3 Å². The minimum absolute atomic E-state index is 0.366. The molecule has 88 valence electrons. The van der Waals surface area contributed by atoms with Gasteiger partial charge in [0.1, 0.15) is 0 Å². The van der Waals surface area contributed by atoms with Crippen LogP contribution < -0.4 is 0 Å². The number of aliphatic hydroxyl groups is 1. The largest absolute Gasteiger partial charge is 0.385 e. The van der Waals surface area contributed by atoms with Gasteiger partial charge in [-0.3, -0.25) is 0 Å². The number of likely N-dealkylation sites (tertiary alicyclic amines) is 1. The summed E-state index contributed by atoms with van der Waals surface area (Å²) in [6.45, 7) is 4.17. The standard InChI is InChI=1S/C14H21NO/c1-3-14(16,12-7-5-4-6-8-12)13-9-10-15(2)11-13/h4-8,13,16H,3,9-11H2,1-2H3/t13-,14+/m1/s1. The Bertz CT molecular complexity index is 338. The molecule has 1 N–H and O–H groups in total. The molecule has 1 saturated heterocycles. The van der Waals surface area contributed by atoms with E-state index in [9.17, 15) is 5.11 Å². The van der Waals surface area contributed by atoms with Gasteiger partial charge in [-0.2, -0.15) is 0 Å². The van der Waals surface area contributed by atoms with Crippen molar-refractivity contribution in [1.29, 1.82) is 0 Å². The molecular formula is C14H21NO. The third-order valence-corrected chi connectivity index (χ3v) is 3.88. The van der Waals surface area contributed by atoms with Gasteiger partial charge in [0.15, 0.2) is 0 Å². The van der Waals surface area contributed by atoms with Gasteiger partial charge in [-0.05, 0) is 32.0 Å². The van der Waals surface area contributed by atoms with Crippen molar-refractivity contribution < 1.29 is 5.11 Å². The Hall–Kier alpha value is -0.860. The fourth-order valence-electron chi connectivity index (χ4n) is 2.78. The second-order valence-corrected chi connectivity index (χ2v) is 4.89. The van der Waals surface area contributed by atoms with E-state index in [4.69, 9.17) is 0 Å². The first-order valence-corrected chi connectivity index (χ1v) is 6.13. The molecule has 0 spiro atoms. The molecule has 1 aliphatic heterocycles. The molecule has 2 heteroatoms. The smallest absolute Gasteiger partial charge is 0.0934 e. The molecule has 2 rings (SSSR count). The maximum atomic E-state index is 10.9. The lowest BCUT2D eigenvalue weighted by molar-refractivity contribution is -0.0234. The SMILES string of the molecule is CC[C@](O)(c1ccccc1)[C@@H]1CCN(C)C1. The third kappa shape index (κ3) is 2.00. The van der Waals surface area contributed by atoms with Crippen molar-refractivity contribution >= 4 is 0 Å². The second-order valence-electron chi connectivity index (χ2n) is 4.89. The number of benzene rings is 1. The van der Waals surface area contributed by atoms with Gasteiger partial charge >= 0.3 is 0 Å². The molecule has 0 radical (unpaired) electrons. The van der Waals surface area contributed by atoms with Crippen LogP contribution in [0.3, 0.4) is 0 Å². The van der Waals surface area contributed by atoms with Gasteiger partial charge in [-0.25, -0.2) is 0 Å². The Morgan fingerprint density at radius 1 is 1.38 bits per heavy atom. The van der Waals surface area contributed by atoms with E-state index in [2.05, 4.69) is 18.9 Å². The van der Waals surface area contributed by atoms with E-state index in [1.807, 2.05) is 30.3 Å². The van der Waals surface area contributed by atoms with Crippen LogP contribution in [0.15, 0.2) is 30.3 Å². The molecule has 0 saturated carbocycles. The molecular weight excluding hydrogens is 198 g/mol. The lowest BCUT2D eigenvalue weighted by Gasteiger charge is -2.33. The summed E-state index contributed by atoms with van der Waals surface area (Å²) in [6.07, 6.45) is 1.88. The first-order chi connectivity index (χ1) is 7.66. The van der Waals surface area contributed by atoms with Gasteiger partial charge in [0, 0.05) is 12.5 Å². The Morgan fingerprint density at radius 2 is 2.06 bits per heavy atom. The fraction of sp³-hybridized carbons (Fsp3) is 0.571. The van der Waals surface area contributed by atoms with Crippen molar-refractivity contribution in [2.24, 2.45) is 5.92 Å². The van der Waals surface area contributed by atoms with Crippen molar-refractivity contribution in [2.75, 3.05) is 20.1 Å². The fourth-order valence-corrected chi connectivity index (χ4v) is 2.78. The van der Waals surface area contributed by atoms with E-state index in [0.717, 1.165) is 31.5 Å². The zero-order valence-corrected chi connectivity index (χ0v) is 10.2. The van der Waals surface area contributed by atoms with Crippen molar-refractivity contribution in [3.05, 3.63) is 35.9 Å². The maximum absolute atomic E-state index is 10.9. The zero-order valence-electron chi connectivity index (χ0n) is 10.2. The minimum Gasteiger partial charge on any atom is -0.385 e. The van der Waals surface area contributed by atoms with Crippen LogP contribution in [0.4, 0.5) is 0 Å². The van der Waals surface area contributed by atoms with Crippen LogP contribution in [0.5, 0.6) is 0 Å². The number of hydrogen-bond acceptors (Lipinski definition) is 2. The summed E-state index contributed by atoms with van der Waals surface area (Å²) in [5.74, 6) is 0.366. The highest BCUT2D eigenvalue weighted by atomic mass is 16.3. The highest BCUT2D eigenvalue weighted by Gasteiger charge is 2.39. The molecule has 16 heavy (non-hydrogen) atoms. The van der Waals surface area contributed by atoms with Gasteiger partial charge < -0.3 is 10.0 Å². The van der Waals surface area contributed by atoms with Crippen molar-refractivity contribution in [3.63, 3.8) is 0 Å². The van der Waals surface area contributed by atoms with E-state index in [0.29, 0.717) is 5.92 Å². The summed E-state index contributed by atoms with van der Waals surface area (Å²) < 4.78 is 0. The van der Waals surface area contributed by atoms with Crippen LogP contribution in [0, 0.1) is 5.92 Å². The van der Waals surface area contributed by atoms with E-state index in [1.54, 1.807) is 0 Å². The first-order valence-electron chi connectivity index (χ1n) is 6.13. The maximum Gasteiger partial charge on any atom is 0.0934 e. The second kappa shape index (κ2) is 4.56. The zero-order chi connectivity index (χ0) is 11.6. The summed E-state index contributed by atoms with van der Waals surface area (Å²) in [5.41, 5.74) is 0.421. The Kier molecular flexibility index (Phi) is 3.31. The molecule has 1 fully saturated rings. The molecule has 0 amide bonds. The molecule has 1 aliphatic rings. The monoisotopic (exact) mass is 219 g/mol. The topological polar surface area (TPSA) is 23.5 Å². The lowest BCUT2D eigenvalue weighted by Crippen LogP contribution is -2.36. The van der Waals surface area contributed by atoms with Gasteiger partial charge in [0.05, 0.1) is 5.60 Å². The van der Waals surface area contributed by atoms with Crippen LogP contribution in [-0.2, 0) is 5.60 Å². The molecule has 2 atom stereocenters. The average molecular weight is 219 g/mol. The summed E-state index contributed by atoms with van der Waals surface area (Å²) in [7, 11) is 2.13. The van der Waals surface area contributed by atoms with Gasteiger partial charge in [0.2, 0.25) is 0 Å². The number of rotatable bonds is 3. The van der Waals surface area contributed by atoms with Crippen molar-refractivity contribution in [3.8, 4) is 0 Å². The van der Waals surface area contributed by atoms with Crippen LogP contribution in [0.25, 0.3) is 0 Å². The normalized spacial score (nSPS) is 25.6. The number of hydrogen-bond donors (Lipinski definition) is 1. The summed E-state index contributed by atoms with van der Waals surface area (Å²) in [6, 6.07) is 10.1. The Balaban J connectivity index is 2.26. The summed E-state index contributed by atoms with van der Waals surface area (Å²) in [4.78, 5) is 2.30. The Labute approximate surface area is 97.9 Å². The first kappa shape index (κ1) is 11.6.